The molecule has 0 saturated heterocycles. The van der Waals surface area contributed by atoms with Crippen molar-refractivity contribution in [3.05, 3.63) is 34.3 Å². The minimum Gasteiger partial charge on any atom is -0.457 e. The molecule has 0 saturated carbocycles. The molecule has 0 aliphatic rings. The van der Waals surface area contributed by atoms with Crippen molar-refractivity contribution in [3.63, 3.8) is 0 Å². The number of hydrogen-bond donors (Lipinski definition) is 0. The Morgan fingerprint density at radius 3 is 2.04 bits per heavy atom. The van der Waals surface area contributed by atoms with Gasteiger partial charge in [0.25, 0.3) is 0 Å². The molecule has 0 unspecified atom stereocenters. The fraction of sp³-hybridized carbons (Fsp3) is 0.632. The highest BCUT2D eigenvalue weighted by molar-refractivity contribution is 9.10. The van der Waals surface area contributed by atoms with Gasteiger partial charge in [0.2, 0.25) is 0 Å². The van der Waals surface area contributed by atoms with E-state index in [2.05, 4.69) is 57.5 Å². The molecule has 136 valence electrons. The van der Waals surface area contributed by atoms with Crippen LogP contribution in [0.5, 0.6) is 0 Å². The van der Waals surface area contributed by atoms with Crippen LogP contribution in [-0.4, -0.2) is 32.1 Å². The highest BCUT2D eigenvalue weighted by atomic mass is 79.9. The normalized spacial score (nSPS) is 12.5. The van der Waals surface area contributed by atoms with Gasteiger partial charge in [-0.3, -0.25) is 0 Å². The van der Waals surface area contributed by atoms with E-state index >= 15 is 0 Å². The van der Waals surface area contributed by atoms with Crippen LogP contribution in [0.25, 0.3) is 0 Å². The highest BCUT2D eigenvalue weighted by Crippen LogP contribution is 2.18. The molecule has 1 aromatic carbocycles. The van der Waals surface area contributed by atoms with Gasteiger partial charge in [-0.1, -0.05) is 63.5 Å². The SMILES string of the molecule is CC(C)(C)COC(COC(=O)c1cccc(Br)c1)OCC(C)(C)C. The summed E-state index contributed by atoms with van der Waals surface area (Å²) in [5.41, 5.74) is 0.518. The van der Waals surface area contributed by atoms with Crippen LogP contribution >= 0.6 is 15.9 Å². The first kappa shape index (κ1) is 21.1. The second-order valence-corrected chi connectivity index (χ2v) is 9.20. The maximum absolute atomic E-state index is 12.1. The van der Waals surface area contributed by atoms with Crippen LogP contribution in [0, 0.1) is 10.8 Å². The van der Waals surface area contributed by atoms with Gasteiger partial charge in [-0.2, -0.15) is 0 Å². The molecule has 0 aliphatic heterocycles. The van der Waals surface area contributed by atoms with Gasteiger partial charge in [-0.15, -0.1) is 0 Å². The fourth-order valence-corrected chi connectivity index (χ4v) is 2.07. The van der Waals surface area contributed by atoms with Crippen LogP contribution in [0.2, 0.25) is 0 Å². The number of rotatable bonds is 7. The topological polar surface area (TPSA) is 44.8 Å². The smallest absolute Gasteiger partial charge is 0.338 e. The number of carbonyl (C=O) groups excluding carboxylic acids is 1. The summed E-state index contributed by atoms with van der Waals surface area (Å²) < 4.78 is 17.8. The lowest BCUT2D eigenvalue weighted by Gasteiger charge is -2.27. The summed E-state index contributed by atoms with van der Waals surface area (Å²) in [5.74, 6) is -0.389. The quantitative estimate of drug-likeness (QED) is 0.473. The second kappa shape index (κ2) is 8.97. The monoisotopic (exact) mass is 400 g/mol. The average molecular weight is 401 g/mol. The Morgan fingerprint density at radius 2 is 1.58 bits per heavy atom. The van der Waals surface area contributed by atoms with E-state index in [0.717, 1.165) is 4.47 Å². The molecular weight excluding hydrogens is 372 g/mol. The number of carbonyl (C=O) groups is 1. The molecule has 0 atom stereocenters. The molecule has 24 heavy (non-hydrogen) atoms. The maximum atomic E-state index is 12.1. The number of esters is 1. The number of ether oxygens (including phenoxy) is 3. The van der Waals surface area contributed by atoms with Crippen molar-refractivity contribution in [1.82, 2.24) is 0 Å². The maximum Gasteiger partial charge on any atom is 0.338 e. The summed E-state index contributed by atoms with van der Waals surface area (Å²) in [6, 6.07) is 7.10. The van der Waals surface area contributed by atoms with E-state index in [-0.39, 0.29) is 23.4 Å². The molecule has 0 heterocycles. The first-order valence-electron chi connectivity index (χ1n) is 8.12. The van der Waals surface area contributed by atoms with Crippen LogP contribution in [-0.2, 0) is 14.2 Å². The third-order valence-corrected chi connectivity index (χ3v) is 3.31. The van der Waals surface area contributed by atoms with Gasteiger partial charge >= 0.3 is 5.97 Å². The van der Waals surface area contributed by atoms with E-state index < -0.39 is 6.29 Å². The summed E-state index contributed by atoms with van der Waals surface area (Å²) in [6.45, 7) is 13.6. The van der Waals surface area contributed by atoms with Crippen molar-refractivity contribution in [1.29, 1.82) is 0 Å². The lowest BCUT2D eigenvalue weighted by molar-refractivity contribution is -0.186. The number of hydrogen-bond acceptors (Lipinski definition) is 4. The third-order valence-electron chi connectivity index (χ3n) is 2.82. The van der Waals surface area contributed by atoms with Gasteiger partial charge in [0.15, 0.2) is 6.29 Å². The Kier molecular flexibility index (Phi) is 7.90. The molecule has 4 nitrogen and oxygen atoms in total. The highest BCUT2D eigenvalue weighted by Gasteiger charge is 2.21. The standard InChI is InChI=1S/C19H29BrO4/c1-18(2,3)12-23-16(24-13-19(4,5)6)11-22-17(21)14-8-7-9-15(20)10-14/h7-10,16H,11-13H2,1-6H3. The summed E-state index contributed by atoms with van der Waals surface area (Å²) >= 11 is 3.35. The molecule has 1 rings (SSSR count). The summed E-state index contributed by atoms with van der Waals surface area (Å²) in [5, 5.41) is 0. The first-order chi connectivity index (χ1) is 11.0. The Hall–Kier alpha value is -0.910. The molecule has 0 aliphatic carbocycles. The summed E-state index contributed by atoms with van der Waals surface area (Å²) in [7, 11) is 0. The van der Waals surface area contributed by atoms with Gasteiger partial charge < -0.3 is 14.2 Å². The number of halogens is 1. The molecule has 5 heteroatoms. The minimum atomic E-state index is -0.570. The summed E-state index contributed by atoms with van der Waals surface area (Å²) in [6.07, 6.45) is -0.570. The first-order valence-corrected chi connectivity index (χ1v) is 8.91. The van der Waals surface area contributed by atoms with Crippen LogP contribution < -0.4 is 0 Å². The van der Waals surface area contributed by atoms with Crippen molar-refractivity contribution in [2.45, 2.75) is 47.8 Å². The van der Waals surface area contributed by atoms with Crippen molar-refractivity contribution < 1.29 is 19.0 Å². The molecule has 0 amide bonds. The van der Waals surface area contributed by atoms with E-state index in [9.17, 15) is 4.79 Å². The molecule has 0 radical (unpaired) electrons. The number of benzene rings is 1. The lowest BCUT2D eigenvalue weighted by Crippen LogP contribution is -2.32. The Balaban J connectivity index is 2.61. The zero-order valence-electron chi connectivity index (χ0n) is 15.5. The molecular formula is C19H29BrO4. The van der Waals surface area contributed by atoms with Crippen molar-refractivity contribution in [3.8, 4) is 0 Å². The van der Waals surface area contributed by atoms with Crippen molar-refractivity contribution >= 4 is 21.9 Å². The van der Waals surface area contributed by atoms with Gasteiger partial charge in [0.1, 0.15) is 6.61 Å². The zero-order chi connectivity index (χ0) is 18.4. The summed E-state index contributed by atoms with van der Waals surface area (Å²) in [4.78, 5) is 12.1. The molecule has 1 aromatic rings. The predicted octanol–water partition coefficient (Wildman–Crippen LogP) is 5.06. The molecule has 0 N–H and O–H groups in total. The minimum absolute atomic E-state index is 0.0116. The average Bonchev–Trinajstić information content (AvgIpc) is 2.44. The molecule has 0 aromatic heterocycles. The molecule has 0 fully saturated rings. The van der Waals surface area contributed by atoms with E-state index in [1.807, 2.05) is 6.07 Å². The van der Waals surface area contributed by atoms with Crippen LogP contribution in [0.15, 0.2) is 28.7 Å². The van der Waals surface area contributed by atoms with E-state index in [4.69, 9.17) is 14.2 Å². The Bertz CT molecular complexity index is 511. The van der Waals surface area contributed by atoms with Gasteiger partial charge in [0, 0.05) is 4.47 Å². The lowest BCUT2D eigenvalue weighted by atomic mass is 9.98. The third kappa shape index (κ3) is 9.40. The largest absolute Gasteiger partial charge is 0.457 e. The molecule has 0 spiro atoms. The second-order valence-electron chi connectivity index (χ2n) is 8.28. The van der Waals surface area contributed by atoms with Crippen LogP contribution in [0.1, 0.15) is 51.9 Å². The van der Waals surface area contributed by atoms with Gasteiger partial charge in [-0.05, 0) is 29.0 Å². The Morgan fingerprint density at radius 1 is 1.04 bits per heavy atom. The van der Waals surface area contributed by atoms with Crippen molar-refractivity contribution in [2.24, 2.45) is 10.8 Å². The van der Waals surface area contributed by atoms with Crippen molar-refractivity contribution in [2.75, 3.05) is 19.8 Å². The molecule has 0 bridgehead atoms. The van der Waals surface area contributed by atoms with E-state index in [0.29, 0.717) is 18.8 Å². The van der Waals surface area contributed by atoms with E-state index in [1.54, 1.807) is 18.2 Å². The Labute approximate surface area is 154 Å². The zero-order valence-corrected chi connectivity index (χ0v) is 17.1. The van der Waals surface area contributed by atoms with E-state index in [1.165, 1.54) is 0 Å². The van der Waals surface area contributed by atoms with Gasteiger partial charge in [-0.25, -0.2) is 4.79 Å². The van der Waals surface area contributed by atoms with Crippen LogP contribution in [0.3, 0.4) is 0 Å². The fourth-order valence-electron chi connectivity index (χ4n) is 1.67. The predicted molar refractivity (Wildman–Crippen MR) is 99.0 cm³/mol. The van der Waals surface area contributed by atoms with Crippen LogP contribution in [0.4, 0.5) is 0 Å². The van der Waals surface area contributed by atoms with Gasteiger partial charge in [0.05, 0.1) is 18.8 Å².